The normalized spacial score (nSPS) is 14.0. The van der Waals surface area contributed by atoms with Crippen LogP contribution >= 0.6 is 15.9 Å². The van der Waals surface area contributed by atoms with E-state index in [2.05, 4.69) is 21.2 Å². The lowest BCUT2D eigenvalue weighted by atomic mass is 10.0. The van der Waals surface area contributed by atoms with Gasteiger partial charge in [-0.2, -0.15) is 0 Å². The van der Waals surface area contributed by atoms with Gasteiger partial charge in [-0.15, -0.1) is 0 Å². The summed E-state index contributed by atoms with van der Waals surface area (Å²) in [4.78, 5) is 11.9. The van der Waals surface area contributed by atoms with Crippen LogP contribution in [0.2, 0.25) is 0 Å². The number of rotatable bonds is 6. The fourth-order valence-corrected chi connectivity index (χ4v) is 1.79. The van der Waals surface area contributed by atoms with Crippen LogP contribution in [-0.2, 0) is 9.53 Å². The highest BCUT2D eigenvalue weighted by Gasteiger charge is 2.15. The summed E-state index contributed by atoms with van der Waals surface area (Å²) in [5.41, 5.74) is 0.942. The van der Waals surface area contributed by atoms with Gasteiger partial charge in [-0.05, 0) is 24.6 Å². The molecule has 4 nitrogen and oxygen atoms in total. The molecule has 0 heterocycles. The van der Waals surface area contributed by atoms with E-state index in [9.17, 15) is 9.90 Å². The summed E-state index contributed by atoms with van der Waals surface area (Å²) in [5.74, 6) is -0.347. The maximum Gasteiger partial charge on any atom is 0.227 e. The van der Waals surface area contributed by atoms with Gasteiger partial charge in [-0.1, -0.05) is 28.1 Å². The molecule has 0 saturated carbocycles. The second-order valence-electron chi connectivity index (χ2n) is 4.13. The van der Waals surface area contributed by atoms with E-state index in [1.165, 1.54) is 7.11 Å². The largest absolute Gasteiger partial charge is 0.389 e. The first-order valence-electron chi connectivity index (χ1n) is 5.74. The predicted molar refractivity (Wildman–Crippen MR) is 73.4 cm³/mol. The number of aliphatic hydroxyl groups is 1. The molecule has 0 radical (unpaired) electrons. The van der Waals surface area contributed by atoms with Crippen LogP contribution in [0.1, 0.15) is 18.4 Å². The number of nitrogens with one attached hydrogen (secondary N) is 1. The smallest absolute Gasteiger partial charge is 0.227 e. The molecule has 1 aromatic carbocycles. The third-order valence-corrected chi connectivity index (χ3v) is 3.16. The van der Waals surface area contributed by atoms with Gasteiger partial charge in [0.25, 0.3) is 0 Å². The average Bonchev–Trinajstić information content (AvgIpc) is 2.36. The first-order chi connectivity index (χ1) is 8.54. The minimum atomic E-state index is -0.670. The molecular weight excluding hydrogens is 298 g/mol. The van der Waals surface area contributed by atoms with E-state index in [0.29, 0.717) is 0 Å². The number of benzene rings is 1. The average molecular weight is 316 g/mol. The molecule has 1 amide bonds. The van der Waals surface area contributed by atoms with Crippen molar-refractivity contribution in [3.8, 4) is 0 Å². The van der Waals surface area contributed by atoms with Crippen LogP contribution in [0.15, 0.2) is 28.7 Å². The highest BCUT2D eigenvalue weighted by molar-refractivity contribution is 9.10. The molecule has 0 fully saturated rings. The molecule has 0 bridgehead atoms. The number of ether oxygens (including phenoxy) is 1. The Morgan fingerprint density at radius 2 is 2.06 bits per heavy atom. The van der Waals surface area contributed by atoms with Crippen molar-refractivity contribution in [2.75, 3.05) is 20.3 Å². The second kappa shape index (κ2) is 7.51. The van der Waals surface area contributed by atoms with Gasteiger partial charge in [-0.25, -0.2) is 0 Å². The quantitative estimate of drug-likeness (QED) is 0.839. The molecule has 2 N–H and O–H groups in total. The number of hydrogen-bond donors (Lipinski definition) is 2. The van der Waals surface area contributed by atoms with Crippen LogP contribution in [-0.4, -0.2) is 37.4 Å². The summed E-state index contributed by atoms with van der Waals surface area (Å²) in [7, 11) is 1.51. The Morgan fingerprint density at radius 3 is 2.61 bits per heavy atom. The molecule has 0 aromatic heterocycles. The number of methoxy groups -OCH3 is 1. The van der Waals surface area contributed by atoms with Crippen molar-refractivity contribution in [1.82, 2.24) is 5.32 Å². The van der Waals surface area contributed by atoms with Gasteiger partial charge in [0.15, 0.2) is 0 Å². The lowest BCUT2D eigenvalue weighted by Gasteiger charge is -2.15. The number of amides is 1. The molecule has 100 valence electrons. The number of aliphatic hydroxyl groups excluding tert-OH is 1. The van der Waals surface area contributed by atoms with Crippen LogP contribution in [0.3, 0.4) is 0 Å². The van der Waals surface area contributed by atoms with E-state index in [0.717, 1.165) is 10.0 Å². The molecule has 5 heteroatoms. The fraction of sp³-hybridized carbons (Fsp3) is 0.462. The van der Waals surface area contributed by atoms with Crippen molar-refractivity contribution in [2.45, 2.75) is 18.9 Å². The topological polar surface area (TPSA) is 58.6 Å². The zero-order chi connectivity index (χ0) is 13.5. The minimum Gasteiger partial charge on any atom is -0.389 e. The third-order valence-electron chi connectivity index (χ3n) is 2.63. The van der Waals surface area contributed by atoms with Gasteiger partial charge < -0.3 is 15.2 Å². The standard InChI is InChI=1S/C13H18BrNO3/c1-9(10-3-5-11(14)6-4-10)13(17)15-7-12(16)8-18-2/h3-6,9,12,16H,7-8H2,1-2H3,(H,15,17). The molecule has 0 aliphatic heterocycles. The van der Waals surface area contributed by atoms with Gasteiger partial charge in [0.1, 0.15) is 0 Å². The maximum absolute atomic E-state index is 11.9. The number of halogens is 1. The molecule has 0 saturated heterocycles. The molecule has 2 unspecified atom stereocenters. The molecular formula is C13H18BrNO3. The first kappa shape index (κ1) is 15.1. The lowest BCUT2D eigenvalue weighted by molar-refractivity contribution is -0.122. The molecule has 18 heavy (non-hydrogen) atoms. The van der Waals surface area contributed by atoms with Crippen molar-refractivity contribution < 1.29 is 14.6 Å². The Bertz CT molecular complexity index is 380. The number of hydrogen-bond acceptors (Lipinski definition) is 3. The summed E-state index contributed by atoms with van der Waals surface area (Å²) >= 11 is 3.35. The van der Waals surface area contributed by atoms with Gasteiger partial charge >= 0.3 is 0 Å². The molecule has 1 rings (SSSR count). The lowest BCUT2D eigenvalue weighted by Crippen LogP contribution is -2.36. The van der Waals surface area contributed by atoms with Crippen molar-refractivity contribution >= 4 is 21.8 Å². The van der Waals surface area contributed by atoms with E-state index >= 15 is 0 Å². The molecule has 0 aliphatic carbocycles. The first-order valence-corrected chi connectivity index (χ1v) is 6.54. The summed E-state index contributed by atoms with van der Waals surface area (Å²) in [5, 5.41) is 12.1. The summed E-state index contributed by atoms with van der Waals surface area (Å²) in [6.45, 7) is 2.25. The van der Waals surface area contributed by atoms with Gasteiger partial charge in [0, 0.05) is 18.1 Å². The zero-order valence-corrected chi connectivity index (χ0v) is 12.1. The Balaban J connectivity index is 2.48. The van der Waals surface area contributed by atoms with Gasteiger partial charge in [0.05, 0.1) is 18.6 Å². The molecule has 2 atom stereocenters. The molecule has 0 spiro atoms. The Morgan fingerprint density at radius 1 is 1.44 bits per heavy atom. The summed E-state index contributed by atoms with van der Waals surface area (Å²) in [6.07, 6.45) is -0.670. The highest BCUT2D eigenvalue weighted by Crippen LogP contribution is 2.18. The summed E-state index contributed by atoms with van der Waals surface area (Å²) in [6, 6.07) is 7.61. The van der Waals surface area contributed by atoms with Crippen molar-refractivity contribution in [3.05, 3.63) is 34.3 Å². The van der Waals surface area contributed by atoms with E-state index in [1.54, 1.807) is 0 Å². The van der Waals surface area contributed by atoms with Crippen molar-refractivity contribution in [2.24, 2.45) is 0 Å². The van der Waals surface area contributed by atoms with Crippen LogP contribution in [0, 0.1) is 0 Å². The minimum absolute atomic E-state index is 0.104. The predicted octanol–water partition coefficient (Wildman–Crippen LogP) is 1.68. The highest BCUT2D eigenvalue weighted by atomic mass is 79.9. The van der Waals surface area contributed by atoms with Crippen LogP contribution in [0.5, 0.6) is 0 Å². The van der Waals surface area contributed by atoms with Crippen molar-refractivity contribution in [1.29, 1.82) is 0 Å². The Kier molecular flexibility index (Phi) is 6.32. The van der Waals surface area contributed by atoms with E-state index in [1.807, 2.05) is 31.2 Å². The Labute approximate surface area is 115 Å². The van der Waals surface area contributed by atoms with E-state index < -0.39 is 6.10 Å². The van der Waals surface area contributed by atoms with Gasteiger partial charge in [-0.3, -0.25) is 4.79 Å². The van der Waals surface area contributed by atoms with E-state index in [-0.39, 0.29) is 25.0 Å². The fourth-order valence-electron chi connectivity index (χ4n) is 1.53. The second-order valence-corrected chi connectivity index (χ2v) is 5.04. The van der Waals surface area contributed by atoms with Crippen molar-refractivity contribution in [3.63, 3.8) is 0 Å². The molecule has 1 aromatic rings. The molecule has 0 aliphatic rings. The Hall–Kier alpha value is -0.910. The number of carbonyl (C=O) groups excluding carboxylic acids is 1. The summed E-state index contributed by atoms with van der Waals surface area (Å²) < 4.78 is 5.77. The number of carbonyl (C=O) groups is 1. The maximum atomic E-state index is 11.9. The monoisotopic (exact) mass is 315 g/mol. The van der Waals surface area contributed by atoms with Crippen LogP contribution in [0.25, 0.3) is 0 Å². The van der Waals surface area contributed by atoms with E-state index in [4.69, 9.17) is 4.74 Å². The zero-order valence-electron chi connectivity index (χ0n) is 10.5. The van der Waals surface area contributed by atoms with Crippen LogP contribution < -0.4 is 5.32 Å². The third kappa shape index (κ3) is 4.76. The van der Waals surface area contributed by atoms with Gasteiger partial charge in [0.2, 0.25) is 5.91 Å². The van der Waals surface area contributed by atoms with Crippen LogP contribution in [0.4, 0.5) is 0 Å². The SMILES string of the molecule is COCC(O)CNC(=O)C(C)c1ccc(Br)cc1.